The van der Waals surface area contributed by atoms with Crippen LogP contribution in [-0.4, -0.2) is 34.1 Å². The van der Waals surface area contributed by atoms with Gasteiger partial charge in [0.05, 0.1) is 12.7 Å². The van der Waals surface area contributed by atoms with Crippen LogP contribution in [0.5, 0.6) is 0 Å². The molecule has 2 rings (SSSR count). The third-order valence-electron chi connectivity index (χ3n) is 2.70. The van der Waals surface area contributed by atoms with Gasteiger partial charge in [-0.05, 0) is 19.9 Å². The fourth-order valence-electron chi connectivity index (χ4n) is 1.78. The maximum Gasteiger partial charge on any atom is 0.123 e. The minimum absolute atomic E-state index is 0.141. The average molecular weight is 218 g/mol. The molecule has 16 heavy (non-hydrogen) atoms. The first kappa shape index (κ1) is 11.2. The zero-order valence-corrected chi connectivity index (χ0v) is 9.90. The van der Waals surface area contributed by atoms with E-state index in [0.29, 0.717) is 0 Å². The van der Waals surface area contributed by atoms with Crippen LogP contribution >= 0.6 is 0 Å². The highest BCUT2D eigenvalue weighted by Gasteiger charge is 2.15. The van der Waals surface area contributed by atoms with Gasteiger partial charge in [0, 0.05) is 25.6 Å². The molecule has 0 bridgehead atoms. The Balaban J connectivity index is 2.14. The first-order valence-corrected chi connectivity index (χ1v) is 5.64. The predicted octanol–water partition coefficient (Wildman–Crippen LogP) is 0.417. The summed E-state index contributed by atoms with van der Waals surface area (Å²) >= 11 is 0. The molecule has 0 aromatic carbocycles. The van der Waals surface area contributed by atoms with E-state index >= 15 is 0 Å². The molecule has 4 nitrogen and oxygen atoms in total. The van der Waals surface area contributed by atoms with E-state index in [2.05, 4.69) is 33.3 Å². The Hall–Kier alpha value is -1.31. The number of fused-ring (bicyclic) bond motifs is 1. The van der Waals surface area contributed by atoms with Gasteiger partial charge in [-0.15, -0.1) is 0 Å². The van der Waals surface area contributed by atoms with E-state index in [0.717, 1.165) is 37.6 Å². The lowest BCUT2D eigenvalue weighted by molar-refractivity contribution is 0.264. The first-order valence-electron chi connectivity index (χ1n) is 5.64. The Bertz CT molecular complexity index is 422. The van der Waals surface area contributed by atoms with Crippen molar-refractivity contribution in [3.05, 3.63) is 17.7 Å². The summed E-state index contributed by atoms with van der Waals surface area (Å²) in [5, 5.41) is 0. The number of likely N-dealkylation sites (N-methyl/N-ethyl adjacent to an activating group) is 1. The molecular weight excluding hydrogens is 200 g/mol. The lowest BCUT2D eigenvalue weighted by Crippen LogP contribution is -2.30. The number of hydrogen-bond acceptors (Lipinski definition) is 3. The van der Waals surface area contributed by atoms with E-state index in [4.69, 9.17) is 5.73 Å². The molecule has 0 aliphatic carbocycles. The van der Waals surface area contributed by atoms with Crippen molar-refractivity contribution in [2.75, 3.05) is 13.6 Å². The molecule has 1 aliphatic heterocycles. The van der Waals surface area contributed by atoms with Gasteiger partial charge in [-0.1, -0.05) is 5.92 Å². The first-order chi connectivity index (χ1) is 7.66. The monoisotopic (exact) mass is 218 g/mol. The molecule has 86 valence electrons. The normalized spacial score (nSPS) is 17.4. The van der Waals surface area contributed by atoms with Crippen LogP contribution in [-0.2, 0) is 13.1 Å². The molecule has 0 fully saturated rings. The highest BCUT2D eigenvalue weighted by atomic mass is 15.2. The smallest absolute Gasteiger partial charge is 0.123 e. The summed E-state index contributed by atoms with van der Waals surface area (Å²) < 4.78 is 2.20. The molecule has 0 unspecified atom stereocenters. The summed E-state index contributed by atoms with van der Waals surface area (Å²) in [5.74, 6) is 7.36. The SMILES string of the molecule is C[C@H](N)CC#Cc1cnc2n1CCN(C)C2. The zero-order chi connectivity index (χ0) is 11.5. The standard InChI is InChI=1S/C12H18N4/c1-10(13)4-3-5-11-8-14-12-9-15(2)6-7-16(11)12/h8,10H,4,6-7,9,13H2,1-2H3/t10-/m0/s1. The van der Waals surface area contributed by atoms with Crippen LogP contribution in [0, 0.1) is 11.8 Å². The fraction of sp³-hybridized carbons (Fsp3) is 0.583. The number of imidazole rings is 1. The Morgan fingerprint density at radius 3 is 3.12 bits per heavy atom. The Labute approximate surface area is 96.4 Å². The van der Waals surface area contributed by atoms with Crippen molar-refractivity contribution in [1.29, 1.82) is 0 Å². The number of nitrogens with two attached hydrogens (primary N) is 1. The molecule has 0 saturated heterocycles. The van der Waals surface area contributed by atoms with Crippen molar-refractivity contribution in [3.63, 3.8) is 0 Å². The number of nitrogens with zero attached hydrogens (tertiary/aromatic N) is 3. The van der Waals surface area contributed by atoms with Gasteiger partial charge in [0.15, 0.2) is 0 Å². The molecule has 2 N–H and O–H groups in total. The number of aromatic nitrogens is 2. The Kier molecular flexibility index (Phi) is 3.28. The van der Waals surface area contributed by atoms with Crippen LogP contribution in [0.25, 0.3) is 0 Å². The van der Waals surface area contributed by atoms with Gasteiger partial charge in [-0.2, -0.15) is 0 Å². The summed E-state index contributed by atoms with van der Waals surface area (Å²) in [4.78, 5) is 6.66. The minimum Gasteiger partial charge on any atom is -0.327 e. The Morgan fingerprint density at radius 2 is 2.38 bits per heavy atom. The van der Waals surface area contributed by atoms with Crippen molar-refractivity contribution in [2.45, 2.75) is 32.5 Å². The quantitative estimate of drug-likeness (QED) is 0.695. The maximum atomic E-state index is 5.66. The van der Waals surface area contributed by atoms with E-state index < -0.39 is 0 Å². The molecule has 1 aromatic rings. The molecule has 1 aromatic heterocycles. The van der Waals surface area contributed by atoms with Crippen molar-refractivity contribution < 1.29 is 0 Å². The van der Waals surface area contributed by atoms with E-state index in [1.807, 2.05) is 13.1 Å². The maximum absolute atomic E-state index is 5.66. The minimum atomic E-state index is 0.141. The summed E-state index contributed by atoms with van der Waals surface area (Å²) in [6.45, 7) is 4.92. The third kappa shape index (κ3) is 2.43. The predicted molar refractivity (Wildman–Crippen MR) is 63.7 cm³/mol. The highest BCUT2D eigenvalue weighted by Crippen LogP contribution is 2.11. The summed E-state index contributed by atoms with van der Waals surface area (Å²) in [5.41, 5.74) is 6.67. The van der Waals surface area contributed by atoms with E-state index in [9.17, 15) is 0 Å². The third-order valence-corrected chi connectivity index (χ3v) is 2.70. The highest BCUT2D eigenvalue weighted by molar-refractivity contribution is 5.28. The molecular formula is C12H18N4. The second kappa shape index (κ2) is 4.69. The average Bonchev–Trinajstić information content (AvgIpc) is 2.60. The Morgan fingerprint density at radius 1 is 1.56 bits per heavy atom. The molecule has 0 spiro atoms. The molecule has 4 heteroatoms. The van der Waals surface area contributed by atoms with Crippen molar-refractivity contribution in [3.8, 4) is 11.8 Å². The second-order valence-corrected chi connectivity index (χ2v) is 4.43. The lowest BCUT2D eigenvalue weighted by atomic mass is 10.2. The van der Waals surface area contributed by atoms with E-state index in [-0.39, 0.29) is 6.04 Å². The largest absolute Gasteiger partial charge is 0.327 e. The van der Waals surface area contributed by atoms with Gasteiger partial charge in [0.25, 0.3) is 0 Å². The van der Waals surface area contributed by atoms with Crippen molar-refractivity contribution >= 4 is 0 Å². The molecule has 0 amide bonds. The van der Waals surface area contributed by atoms with Gasteiger partial charge in [0.2, 0.25) is 0 Å². The molecule has 0 radical (unpaired) electrons. The van der Waals surface area contributed by atoms with Gasteiger partial charge in [-0.25, -0.2) is 4.98 Å². The van der Waals surface area contributed by atoms with Crippen LogP contribution < -0.4 is 5.73 Å². The fourth-order valence-corrected chi connectivity index (χ4v) is 1.78. The van der Waals surface area contributed by atoms with E-state index in [1.165, 1.54) is 0 Å². The van der Waals surface area contributed by atoms with Crippen LogP contribution in [0.1, 0.15) is 24.9 Å². The van der Waals surface area contributed by atoms with Crippen LogP contribution in [0.2, 0.25) is 0 Å². The number of rotatable bonds is 1. The van der Waals surface area contributed by atoms with Gasteiger partial charge < -0.3 is 10.3 Å². The van der Waals surface area contributed by atoms with Gasteiger partial charge in [-0.3, -0.25) is 4.90 Å². The van der Waals surface area contributed by atoms with Crippen LogP contribution in [0.3, 0.4) is 0 Å². The molecule has 0 saturated carbocycles. The van der Waals surface area contributed by atoms with Crippen LogP contribution in [0.15, 0.2) is 6.20 Å². The topological polar surface area (TPSA) is 47.1 Å². The van der Waals surface area contributed by atoms with Gasteiger partial charge >= 0.3 is 0 Å². The van der Waals surface area contributed by atoms with Crippen LogP contribution in [0.4, 0.5) is 0 Å². The number of hydrogen-bond donors (Lipinski definition) is 1. The molecule has 1 aliphatic rings. The zero-order valence-electron chi connectivity index (χ0n) is 9.90. The van der Waals surface area contributed by atoms with Gasteiger partial charge in [0.1, 0.15) is 11.5 Å². The van der Waals surface area contributed by atoms with E-state index in [1.54, 1.807) is 0 Å². The van der Waals surface area contributed by atoms with Crippen molar-refractivity contribution in [2.24, 2.45) is 5.73 Å². The summed E-state index contributed by atoms with van der Waals surface area (Å²) in [6, 6.07) is 0.141. The molecule has 2 heterocycles. The molecule has 1 atom stereocenters. The summed E-state index contributed by atoms with van der Waals surface area (Å²) in [7, 11) is 2.11. The summed E-state index contributed by atoms with van der Waals surface area (Å²) in [6.07, 6.45) is 2.60. The second-order valence-electron chi connectivity index (χ2n) is 4.43. The lowest BCUT2D eigenvalue weighted by Gasteiger charge is -2.23. The van der Waals surface area contributed by atoms with Crippen molar-refractivity contribution in [1.82, 2.24) is 14.5 Å².